The molecule has 1 fully saturated rings. The summed E-state index contributed by atoms with van der Waals surface area (Å²) in [4.78, 5) is 0. The van der Waals surface area contributed by atoms with E-state index in [0.717, 1.165) is 0 Å². The summed E-state index contributed by atoms with van der Waals surface area (Å²) in [5, 5.41) is 4.55. The van der Waals surface area contributed by atoms with Crippen molar-refractivity contribution in [2.45, 2.75) is 18.1 Å². The van der Waals surface area contributed by atoms with Gasteiger partial charge in [-0.25, -0.2) is 13.6 Å². The van der Waals surface area contributed by atoms with Gasteiger partial charge in [-0.15, -0.1) is 0 Å². The fourth-order valence-corrected chi connectivity index (χ4v) is 1.85. The van der Waals surface area contributed by atoms with Gasteiger partial charge in [0.2, 0.25) is 10.0 Å². The predicted octanol–water partition coefficient (Wildman–Crippen LogP) is -0.546. The molecule has 1 heterocycles. The molecule has 0 radical (unpaired) electrons. The van der Waals surface area contributed by atoms with E-state index in [2.05, 4.69) is 0 Å². The lowest BCUT2D eigenvalue weighted by atomic mass is 10.2. The van der Waals surface area contributed by atoms with Crippen molar-refractivity contribution < 1.29 is 13.2 Å². The molecule has 0 saturated carbocycles. The molecule has 0 aliphatic carbocycles. The summed E-state index contributed by atoms with van der Waals surface area (Å²) in [6.07, 6.45) is 1.08. The molecule has 0 aromatic carbocycles. The molecule has 0 aromatic rings. The zero-order valence-electron chi connectivity index (χ0n) is 5.62. The Morgan fingerprint density at radius 1 is 1.30 bits per heavy atom. The Bertz CT molecular complexity index is 193. The molecule has 0 atom stereocenters. The second-order valence-corrected chi connectivity index (χ2v) is 4.25. The third-order valence-corrected chi connectivity index (χ3v) is 3.03. The maximum absolute atomic E-state index is 10.7. The molecule has 0 unspecified atom stereocenters. The van der Waals surface area contributed by atoms with E-state index in [1.807, 2.05) is 0 Å². The van der Waals surface area contributed by atoms with Gasteiger partial charge in [0, 0.05) is 13.2 Å². The minimum Gasteiger partial charge on any atom is -0.381 e. The SMILES string of the molecule is NS(=O)(=O)C1CCOCC1. The van der Waals surface area contributed by atoms with Crippen molar-refractivity contribution in [3.8, 4) is 0 Å². The third-order valence-electron chi connectivity index (χ3n) is 1.63. The Hall–Kier alpha value is -0.130. The maximum atomic E-state index is 10.7. The van der Waals surface area contributed by atoms with Crippen molar-refractivity contribution in [2.24, 2.45) is 5.14 Å². The number of ether oxygens (including phenoxy) is 1. The van der Waals surface area contributed by atoms with Crippen molar-refractivity contribution >= 4 is 10.0 Å². The predicted molar refractivity (Wildman–Crippen MR) is 36.9 cm³/mol. The summed E-state index contributed by atoms with van der Waals surface area (Å²) in [5.41, 5.74) is 0. The van der Waals surface area contributed by atoms with Crippen LogP contribution in [0, 0.1) is 0 Å². The molecular formula is C5H11NO3S. The molecule has 0 amide bonds. The van der Waals surface area contributed by atoms with E-state index in [1.54, 1.807) is 0 Å². The topological polar surface area (TPSA) is 69.4 Å². The van der Waals surface area contributed by atoms with Crippen LogP contribution in [0.4, 0.5) is 0 Å². The molecule has 0 spiro atoms. The van der Waals surface area contributed by atoms with Crippen LogP contribution in [-0.4, -0.2) is 26.9 Å². The van der Waals surface area contributed by atoms with Gasteiger partial charge in [-0.05, 0) is 12.8 Å². The number of nitrogens with two attached hydrogens (primary N) is 1. The molecule has 1 aliphatic rings. The van der Waals surface area contributed by atoms with Crippen molar-refractivity contribution in [2.75, 3.05) is 13.2 Å². The first-order valence-corrected chi connectivity index (χ1v) is 4.81. The van der Waals surface area contributed by atoms with Gasteiger partial charge in [0.05, 0.1) is 5.25 Å². The Kier molecular flexibility index (Phi) is 2.28. The molecule has 2 N–H and O–H groups in total. The minimum absolute atomic E-state index is 0.374. The summed E-state index contributed by atoms with van der Waals surface area (Å²) < 4.78 is 26.4. The zero-order chi connectivity index (χ0) is 7.61. The molecular weight excluding hydrogens is 154 g/mol. The lowest BCUT2D eigenvalue weighted by Crippen LogP contribution is -2.33. The van der Waals surface area contributed by atoms with Gasteiger partial charge in [0.25, 0.3) is 0 Å². The highest BCUT2D eigenvalue weighted by Gasteiger charge is 2.23. The molecule has 4 nitrogen and oxygen atoms in total. The maximum Gasteiger partial charge on any atom is 0.212 e. The highest BCUT2D eigenvalue weighted by Crippen LogP contribution is 2.12. The van der Waals surface area contributed by atoms with Gasteiger partial charge in [-0.3, -0.25) is 0 Å². The summed E-state index contributed by atoms with van der Waals surface area (Å²) in [6.45, 7) is 1.03. The normalized spacial score (nSPS) is 22.9. The van der Waals surface area contributed by atoms with Crippen LogP contribution in [0.25, 0.3) is 0 Å². The van der Waals surface area contributed by atoms with Crippen molar-refractivity contribution in [3.63, 3.8) is 0 Å². The van der Waals surface area contributed by atoms with Crippen LogP contribution in [0.15, 0.2) is 0 Å². The van der Waals surface area contributed by atoms with Gasteiger partial charge in [0.1, 0.15) is 0 Å². The van der Waals surface area contributed by atoms with Gasteiger partial charge in [0.15, 0.2) is 0 Å². The molecule has 1 saturated heterocycles. The third kappa shape index (κ3) is 1.93. The molecule has 1 aliphatic heterocycles. The Morgan fingerprint density at radius 3 is 2.10 bits per heavy atom. The highest BCUT2D eigenvalue weighted by atomic mass is 32.2. The summed E-state index contributed by atoms with van der Waals surface area (Å²) >= 11 is 0. The molecule has 0 aromatic heterocycles. The average Bonchev–Trinajstić information content (AvgIpc) is 1.88. The van der Waals surface area contributed by atoms with E-state index in [1.165, 1.54) is 0 Å². The summed E-state index contributed by atoms with van der Waals surface area (Å²) in [7, 11) is -3.31. The standard InChI is InChI=1S/C5H11NO3S/c6-10(7,8)5-1-3-9-4-2-5/h5H,1-4H2,(H2,6,7,8). The quantitative estimate of drug-likeness (QED) is 0.567. The van der Waals surface area contributed by atoms with Gasteiger partial charge >= 0.3 is 0 Å². The lowest BCUT2D eigenvalue weighted by Gasteiger charge is -2.19. The average molecular weight is 165 g/mol. The van der Waals surface area contributed by atoms with Gasteiger partial charge in [-0.2, -0.15) is 0 Å². The number of hydrogen-bond acceptors (Lipinski definition) is 3. The number of hydrogen-bond donors (Lipinski definition) is 1. The Balaban J connectivity index is 2.56. The molecule has 0 bridgehead atoms. The first kappa shape index (κ1) is 7.97. The zero-order valence-corrected chi connectivity index (χ0v) is 6.43. The largest absolute Gasteiger partial charge is 0.381 e. The Morgan fingerprint density at radius 2 is 1.80 bits per heavy atom. The fourth-order valence-electron chi connectivity index (χ4n) is 1.00. The molecule has 5 heteroatoms. The van der Waals surface area contributed by atoms with Gasteiger partial charge in [-0.1, -0.05) is 0 Å². The van der Waals surface area contributed by atoms with E-state index < -0.39 is 10.0 Å². The second kappa shape index (κ2) is 2.86. The van der Waals surface area contributed by atoms with Crippen LogP contribution >= 0.6 is 0 Å². The minimum atomic E-state index is -3.31. The smallest absolute Gasteiger partial charge is 0.212 e. The Labute approximate surface area is 60.4 Å². The van der Waals surface area contributed by atoms with Crippen LogP contribution in [0.2, 0.25) is 0 Å². The first-order chi connectivity index (χ1) is 4.61. The van der Waals surface area contributed by atoms with E-state index in [0.29, 0.717) is 26.1 Å². The van der Waals surface area contributed by atoms with Crippen LogP contribution in [0.5, 0.6) is 0 Å². The molecule has 60 valence electrons. The number of rotatable bonds is 1. The summed E-state index contributed by atoms with van der Waals surface area (Å²) in [6, 6.07) is 0. The number of primary sulfonamides is 1. The molecule has 10 heavy (non-hydrogen) atoms. The van der Waals surface area contributed by atoms with E-state index in [9.17, 15) is 8.42 Å². The molecule has 1 rings (SSSR count). The van der Waals surface area contributed by atoms with Crippen molar-refractivity contribution in [1.29, 1.82) is 0 Å². The first-order valence-electron chi connectivity index (χ1n) is 3.20. The van der Waals surface area contributed by atoms with Gasteiger partial charge < -0.3 is 4.74 Å². The highest BCUT2D eigenvalue weighted by molar-refractivity contribution is 7.89. The monoisotopic (exact) mass is 165 g/mol. The van der Waals surface area contributed by atoms with Crippen LogP contribution in [-0.2, 0) is 14.8 Å². The second-order valence-electron chi connectivity index (χ2n) is 2.40. The van der Waals surface area contributed by atoms with E-state index in [4.69, 9.17) is 9.88 Å². The van der Waals surface area contributed by atoms with E-state index in [-0.39, 0.29) is 5.25 Å². The van der Waals surface area contributed by atoms with Crippen LogP contribution in [0.1, 0.15) is 12.8 Å². The van der Waals surface area contributed by atoms with E-state index >= 15 is 0 Å². The van der Waals surface area contributed by atoms with Crippen LogP contribution < -0.4 is 5.14 Å². The lowest BCUT2D eigenvalue weighted by molar-refractivity contribution is 0.0983. The number of sulfonamides is 1. The van der Waals surface area contributed by atoms with Crippen LogP contribution in [0.3, 0.4) is 0 Å². The fraction of sp³-hybridized carbons (Fsp3) is 1.00. The van der Waals surface area contributed by atoms with Crippen molar-refractivity contribution in [3.05, 3.63) is 0 Å². The van der Waals surface area contributed by atoms with Crippen molar-refractivity contribution in [1.82, 2.24) is 0 Å². The summed E-state index contributed by atoms with van der Waals surface area (Å²) in [5.74, 6) is 0.